The minimum atomic E-state index is 0.100. The maximum atomic E-state index is 8.78. The lowest BCUT2D eigenvalue weighted by Crippen LogP contribution is -2.05. The van der Waals surface area contributed by atoms with Crippen molar-refractivity contribution in [3.05, 3.63) is 29.7 Å². The fraction of sp³-hybridized carbons (Fsp3) is 0.455. The highest BCUT2D eigenvalue weighted by atomic mass is 16.3. The Morgan fingerprint density at radius 2 is 2.24 bits per heavy atom. The van der Waals surface area contributed by atoms with Gasteiger partial charge in [-0.15, -0.1) is 0 Å². The van der Waals surface area contributed by atoms with Crippen LogP contribution in [0.5, 0.6) is 0 Å². The minimum absolute atomic E-state index is 0.100. The van der Waals surface area contributed by atoms with Crippen molar-refractivity contribution in [1.29, 1.82) is 0 Å². The normalized spacial score (nSPS) is 10.8. The van der Waals surface area contributed by atoms with Crippen molar-refractivity contribution >= 4 is 5.82 Å². The molecule has 17 heavy (non-hydrogen) atoms. The van der Waals surface area contributed by atoms with Gasteiger partial charge >= 0.3 is 0 Å². The number of rotatable bonds is 5. The lowest BCUT2D eigenvalue weighted by molar-refractivity contribution is 0.269. The molecule has 2 rings (SSSR count). The van der Waals surface area contributed by atoms with Crippen molar-refractivity contribution in [2.45, 2.75) is 20.0 Å². The number of aromatic nitrogens is 4. The molecule has 6 heteroatoms. The fourth-order valence-electron chi connectivity index (χ4n) is 1.69. The fourth-order valence-corrected chi connectivity index (χ4v) is 1.69. The van der Waals surface area contributed by atoms with Gasteiger partial charge in [0.1, 0.15) is 5.82 Å². The van der Waals surface area contributed by atoms with Crippen molar-refractivity contribution in [2.75, 3.05) is 11.9 Å². The smallest absolute Gasteiger partial charge is 0.148 e. The summed E-state index contributed by atoms with van der Waals surface area (Å²) >= 11 is 0. The molecule has 2 heterocycles. The van der Waals surface area contributed by atoms with Gasteiger partial charge in [-0.2, -0.15) is 10.2 Å². The van der Waals surface area contributed by atoms with Crippen LogP contribution >= 0.6 is 0 Å². The molecule has 0 spiro atoms. The molecule has 0 bridgehead atoms. The standard InChI is InChI=1S/C11H17N5O/c1-9-10(8-15(2)13-9)7-12-11-3-4-16(14-11)5-6-17/h3-4,8,17H,5-7H2,1-2H3,(H,12,14). The Bertz CT molecular complexity index is 488. The van der Waals surface area contributed by atoms with Gasteiger partial charge in [0.2, 0.25) is 0 Å². The Labute approximate surface area is 99.9 Å². The number of hydrogen-bond donors (Lipinski definition) is 2. The van der Waals surface area contributed by atoms with E-state index in [2.05, 4.69) is 15.5 Å². The number of anilines is 1. The highest BCUT2D eigenvalue weighted by Gasteiger charge is 2.03. The first-order valence-electron chi connectivity index (χ1n) is 5.56. The van der Waals surface area contributed by atoms with E-state index in [1.807, 2.05) is 32.4 Å². The molecule has 0 aliphatic rings. The first-order chi connectivity index (χ1) is 8.19. The molecule has 2 N–H and O–H groups in total. The van der Waals surface area contributed by atoms with Crippen LogP contribution in [0.15, 0.2) is 18.5 Å². The molecule has 0 fully saturated rings. The molecule has 0 saturated carbocycles. The maximum absolute atomic E-state index is 8.78. The molecule has 6 nitrogen and oxygen atoms in total. The highest BCUT2D eigenvalue weighted by molar-refractivity contribution is 5.34. The Hall–Kier alpha value is -1.82. The van der Waals surface area contributed by atoms with Crippen LogP contribution in [0.1, 0.15) is 11.3 Å². The van der Waals surface area contributed by atoms with Crippen LogP contribution < -0.4 is 5.32 Å². The third-order valence-electron chi connectivity index (χ3n) is 2.54. The highest BCUT2D eigenvalue weighted by Crippen LogP contribution is 2.08. The van der Waals surface area contributed by atoms with Gasteiger partial charge in [-0.1, -0.05) is 0 Å². The number of aliphatic hydroxyl groups excluding tert-OH is 1. The average molecular weight is 235 g/mol. The predicted molar refractivity (Wildman–Crippen MR) is 64.6 cm³/mol. The number of nitrogens with one attached hydrogen (secondary N) is 1. The van der Waals surface area contributed by atoms with Gasteiger partial charge in [0.15, 0.2) is 0 Å². The van der Waals surface area contributed by atoms with Crippen LogP contribution in [-0.4, -0.2) is 31.3 Å². The minimum Gasteiger partial charge on any atom is -0.394 e. The molecule has 2 aromatic heterocycles. The molecule has 0 radical (unpaired) electrons. The lowest BCUT2D eigenvalue weighted by atomic mass is 10.2. The zero-order valence-corrected chi connectivity index (χ0v) is 10.1. The summed E-state index contributed by atoms with van der Waals surface area (Å²) < 4.78 is 3.51. The summed E-state index contributed by atoms with van der Waals surface area (Å²) in [6.07, 6.45) is 3.84. The molecule has 0 aliphatic heterocycles. The van der Waals surface area contributed by atoms with E-state index >= 15 is 0 Å². The summed E-state index contributed by atoms with van der Waals surface area (Å²) in [6.45, 7) is 3.31. The van der Waals surface area contributed by atoms with Gasteiger partial charge in [0.25, 0.3) is 0 Å². The van der Waals surface area contributed by atoms with Gasteiger partial charge < -0.3 is 10.4 Å². The van der Waals surface area contributed by atoms with E-state index in [1.54, 1.807) is 9.36 Å². The van der Waals surface area contributed by atoms with Gasteiger partial charge in [0, 0.05) is 37.6 Å². The monoisotopic (exact) mass is 235 g/mol. The van der Waals surface area contributed by atoms with Crippen molar-refractivity contribution in [3.63, 3.8) is 0 Å². The van der Waals surface area contributed by atoms with Crippen LogP contribution in [0.4, 0.5) is 5.82 Å². The van der Waals surface area contributed by atoms with E-state index < -0.39 is 0 Å². The first kappa shape index (κ1) is 11.7. The molecular weight excluding hydrogens is 218 g/mol. The first-order valence-corrected chi connectivity index (χ1v) is 5.56. The molecule has 0 aliphatic carbocycles. The van der Waals surface area contributed by atoms with Gasteiger partial charge in [0.05, 0.1) is 18.8 Å². The van der Waals surface area contributed by atoms with Crippen molar-refractivity contribution in [3.8, 4) is 0 Å². The number of aryl methyl sites for hydroxylation is 2. The van der Waals surface area contributed by atoms with E-state index in [-0.39, 0.29) is 6.61 Å². The Balaban J connectivity index is 1.95. The Morgan fingerprint density at radius 3 is 2.88 bits per heavy atom. The zero-order valence-electron chi connectivity index (χ0n) is 10.1. The predicted octanol–water partition coefficient (Wildman–Crippen LogP) is 0.529. The summed E-state index contributed by atoms with van der Waals surface area (Å²) in [4.78, 5) is 0. The summed E-state index contributed by atoms with van der Waals surface area (Å²) in [7, 11) is 1.91. The van der Waals surface area contributed by atoms with Crippen LogP contribution in [0.2, 0.25) is 0 Å². The molecule has 0 atom stereocenters. The average Bonchev–Trinajstić information content (AvgIpc) is 2.83. The maximum Gasteiger partial charge on any atom is 0.148 e. The van der Waals surface area contributed by atoms with Crippen molar-refractivity contribution in [2.24, 2.45) is 7.05 Å². The van der Waals surface area contributed by atoms with Crippen LogP contribution in [0.25, 0.3) is 0 Å². The molecule has 92 valence electrons. The van der Waals surface area contributed by atoms with Crippen LogP contribution in [0, 0.1) is 6.92 Å². The second-order valence-electron chi connectivity index (χ2n) is 3.95. The molecule has 0 amide bonds. The van der Waals surface area contributed by atoms with E-state index in [1.165, 1.54) is 0 Å². The Kier molecular flexibility index (Phi) is 3.43. The SMILES string of the molecule is Cc1nn(C)cc1CNc1ccn(CCO)n1. The van der Waals surface area contributed by atoms with E-state index in [0.29, 0.717) is 13.1 Å². The summed E-state index contributed by atoms with van der Waals surface area (Å²) in [5.74, 6) is 0.807. The molecule has 0 aromatic carbocycles. The quantitative estimate of drug-likeness (QED) is 0.793. The summed E-state index contributed by atoms with van der Waals surface area (Å²) in [5.41, 5.74) is 2.18. The number of aliphatic hydroxyl groups is 1. The second-order valence-corrected chi connectivity index (χ2v) is 3.95. The zero-order chi connectivity index (χ0) is 12.3. The third kappa shape index (κ3) is 2.85. The number of hydrogen-bond acceptors (Lipinski definition) is 4. The van der Waals surface area contributed by atoms with Crippen LogP contribution in [-0.2, 0) is 20.1 Å². The van der Waals surface area contributed by atoms with E-state index in [0.717, 1.165) is 17.1 Å². The van der Waals surface area contributed by atoms with Crippen molar-refractivity contribution < 1.29 is 5.11 Å². The topological polar surface area (TPSA) is 67.9 Å². The molecule has 0 saturated heterocycles. The van der Waals surface area contributed by atoms with Gasteiger partial charge in [-0.25, -0.2) is 0 Å². The Morgan fingerprint density at radius 1 is 1.41 bits per heavy atom. The number of nitrogens with zero attached hydrogens (tertiary/aromatic N) is 4. The third-order valence-corrected chi connectivity index (χ3v) is 2.54. The largest absolute Gasteiger partial charge is 0.394 e. The van der Waals surface area contributed by atoms with E-state index in [9.17, 15) is 0 Å². The van der Waals surface area contributed by atoms with E-state index in [4.69, 9.17) is 5.11 Å². The van der Waals surface area contributed by atoms with Crippen LogP contribution in [0.3, 0.4) is 0 Å². The molecular formula is C11H17N5O. The summed E-state index contributed by atoms with van der Waals surface area (Å²) in [6, 6.07) is 1.89. The molecule has 0 unspecified atom stereocenters. The second kappa shape index (κ2) is 5.01. The van der Waals surface area contributed by atoms with Crippen molar-refractivity contribution in [1.82, 2.24) is 19.6 Å². The van der Waals surface area contributed by atoms with Gasteiger partial charge in [-0.05, 0) is 6.92 Å². The summed E-state index contributed by atoms with van der Waals surface area (Å²) in [5, 5.41) is 20.6. The van der Waals surface area contributed by atoms with Gasteiger partial charge in [-0.3, -0.25) is 9.36 Å². The molecule has 2 aromatic rings. The lowest BCUT2D eigenvalue weighted by Gasteiger charge is -2.01.